The normalized spacial score (nSPS) is 17.8. The van der Waals surface area contributed by atoms with E-state index >= 15 is 0 Å². The second kappa shape index (κ2) is 8.67. The summed E-state index contributed by atoms with van der Waals surface area (Å²) < 4.78 is 25.7. The number of aryl methyl sites for hydroxylation is 1. The molecule has 0 unspecified atom stereocenters. The molecule has 0 atom stereocenters. The van der Waals surface area contributed by atoms with Crippen LogP contribution in [0.15, 0.2) is 18.3 Å². The van der Waals surface area contributed by atoms with Gasteiger partial charge in [-0.25, -0.2) is 8.78 Å². The number of rotatable bonds is 4. The molecule has 166 valence electrons. The monoisotopic (exact) mass is 449 g/mol. The number of pyridine rings is 2. The molecule has 1 amide bonds. The number of anilines is 1. The van der Waals surface area contributed by atoms with Crippen molar-refractivity contribution in [3.63, 3.8) is 0 Å². The molecule has 3 aliphatic heterocycles. The fourth-order valence-corrected chi connectivity index (χ4v) is 4.84. The third kappa shape index (κ3) is 4.11. The average Bonchev–Trinajstić information content (AvgIpc) is 3.15. The molecule has 5 rings (SSSR count). The Labute approximate surface area is 186 Å². The first-order valence-corrected chi connectivity index (χ1v) is 10.5. The number of hydrogen-bond acceptors (Lipinski definition) is 5. The molecule has 0 radical (unpaired) electrons. The number of halogens is 3. The minimum absolute atomic E-state index is 0. The van der Waals surface area contributed by atoms with Crippen molar-refractivity contribution in [2.24, 2.45) is 5.92 Å². The number of carbonyl (C=O) groups is 1. The highest BCUT2D eigenvalue weighted by molar-refractivity contribution is 5.85. The molecule has 0 bridgehead atoms. The lowest BCUT2D eigenvalue weighted by Gasteiger charge is -2.41. The highest BCUT2D eigenvalue weighted by Gasteiger charge is 2.34. The topological polar surface area (TPSA) is 61.4 Å². The molecule has 0 spiro atoms. The van der Waals surface area contributed by atoms with Gasteiger partial charge in [0.1, 0.15) is 5.69 Å². The van der Waals surface area contributed by atoms with E-state index in [2.05, 4.69) is 17.2 Å². The van der Waals surface area contributed by atoms with Crippen LogP contribution in [0.3, 0.4) is 0 Å². The molecule has 2 aromatic heterocycles. The molecule has 2 aromatic rings. The maximum absolute atomic E-state index is 12.9. The quantitative estimate of drug-likeness (QED) is 0.777. The summed E-state index contributed by atoms with van der Waals surface area (Å²) in [4.78, 5) is 25.3. The van der Waals surface area contributed by atoms with Gasteiger partial charge in [-0.3, -0.25) is 14.8 Å². The predicted molar refractivity (Wildman–Crippen MR) is 115 cm³/mol. The van der Waals surface area contributed by atoms with E-state index in [-0.39, 0.29) is 29.9 Å². The van der Waals surface area contributed by atoms with Gasteiger partial charge in [0.15, 0.2) is 0 Å². The van der Waals surface area contributed by atoms with Crippen molar-refractivity contribution in [2.75, 3.05) is 24.5 Å². The molecule has 1 saturated heterocycles. The van der Waals surface area contributed by atoms with Crippen LogP contribution in [0.2, 0.25) is 0 Å². The fourth-order valence-electron chi connectivity index (χ4n) is 4.84. The molecule has 0 aromatic carbocycles. The van der Waals surface area contributed by atoms with E-state index in [0.29, 0.717) is 32.6 Å². The second-order valence-corrected chi connectivity index (χ2v) is 8.47. The Morgan fingerprint density at radius 1 is 1.26 bits per heavy atom. The molecule has 3 aliphatic rings. The van der Waals surface area contributed by atoms with Crippen molar-refractivity contribution >= 4 is 24.0 Å². The first-order valence-electron chi connectivity index (χ1n) is 10.5. The zero-order valence-electron chi connectivity index (χ0n) is 17.4. The molecule has 0 saturated carbocycles. The van der Waals surface area contributed by atoms with Gasteiger partial charge in [0, 0.05) is 56.1 Å². The van der Waals surface area contributed by atoms with Gasteiger partial charge in [0.25, 0.3) is 6.43 Å². The fraction of sp³-hybridized carbons (Fsp3) is 0.500. The molecule has 5 heterocycles. The third-order valence-corrected chi connectivity index (χ3v) is 6.49. The number of amides is 1. The summed E-state index contributed by atoms with van der Waals surface area (Å²) in [7, 11) is 0. The van der Waals surface area contributed by atoms with Crippen LogP contribution in [-0.2, 0) is 30.8 Å². The lowest BCUT2D eigenvalue weighted by molar-refractivity contribution is -0.133. The average molecular weight is 450 g/mol. The van der Waals surface area contributed by atoms with Crippen LogP contribution < -0.4 is 10.2 Å². The van der Waals surface area contributed by atoms with Crippen LogP contribution in [-0.4, -0.2) is 40.4 Å². The Morgan fingerprint density at radius 3 is 2.84 bits per heavy atom. The van der Waals surface area contributed by atoms with Crippen molar-refractivity contribution in [1.82, 2.24) is 20.2 Å². The number of fused-ring (bicyclic) bond motifs is 3. The van der Waals surface area contributed by atoms with Crippen molar-refractivity contribution < 1.29 is 13.6 Å². The van der Waals surface area contributed by atoms with Gasteiger partial charge < -0.3 is 15.1 Å². The van der Waals surface area contributed by atoms with Gasteiger partial charge in [-0.05, 0) is 48.7 Å². The summed E-state index contributed by atoms with van der Waals surface area (Å²) in [6.07, 6.45) is 0.326. The molecular weight excluding hydrogens is 424 g/mol. The number of hydrogen-bond donors (Lipinski definition) is 1. The first-order chi connectivity index (χ1) is 14.5. The summed E-state index contributed by atoms with van der Waals surface area (Å²) >= 11 is 0. The van der Waals surface area contributed by atoms with Crippen LogP contribution in [0.25, 0.3) is 0 Å². The number of nitrogens with zero attached hydrogens (tertiary/aromatic N) is 4. The highest BCUT2D eigenvalue weighted by atomic mass is 35.5. The Balaban J connectivity index is 0.00000231. The smallest absolute Gasteiger partial charge is 0.280 e. The Morgan fingerprint density at radius 2 is 2.06 bits per heavy atom. The van der Waals surface area contributed by atoms with Crippen LogP contribution >= 0.6 is 12.4 Å². The van der Waals surface area contributed by atoms with Crippen LogP contribution in [0, 0.1) is 12.8 Å². The Bertz CT molecular complexity index is 996. The number of carbonyl (C=O) groups excluding carboxylic acids is 1. The zero-order valence-corrected chi connectivity index (χ0v) is 18.2. The third-order valence-electron chi connectivity index (χ3n) is 6.49. The van der Waals surface area contributed by atoms with E-state index in [0.717, 1.165) is 36.6 Å². The van der Waals surface area contributed by atoms with E-state index in [1.54, 1.807) is 6.07 Å². The standard InChI is InChI=1S/C22H25F2N5O.ClH/c1-13-16-3-4-25-8-17(16)18-11-29(12-20(18)27-13)21(30)6-14-9-28(10-14)15-2-5-26-19(7-15)22(23)24;/h2,5,7,14,22,25H,3-4,6,8-12H2,1H3;1H. The van der Waals surface area contributed by atoms with Gasteiger partial charge >= 0.3 is 0 Å². The van der Waals surface area contributed by atoms with Crippen molar-refractivity contribution in [3.8, 4) is 0 Å². The summed E-state index contributed by atoms with van der Waals surface area (Å²) in [5, 5.41) is 3.44. The van der Waals surface area contributed by atoms with E-state index in [1.165, 1.54) is 29.0 Å². The molecule has 1 N–H and O–H groups in total. The van der Waals surface area contributed by atoms with Gasteiger partial charge in [-0.2, -0.15) is 0 Å². The lowest BCUT2D eigenvalue weighted by atomic mass is 9.94. The maximum atomic E-state index is 12.9. The van der Waals surface area contributed by atoms with Gasteiger partial charge in [0.05, 0.1) is 12.2 Å². The second-order valence-electron chi connectivity index (χ2n) is 8.47. The molecule has 6 nitrogen and oxygen atoms in total. The zero-order chi connectivity index (χ0) is 20.8. The minimum Gasteiger partial charge on any atom is -0.371 e. The first kappa shape index (κ1) is 21.9. The van der Waals surface area contributed by atoms with Gasteiger partial charge in [-0.15, -0.1) is 12.4 Å². The number of nitrogens with one attached hydrogen (secondary N) is 1. The largest absolute Gasteiger partial charge is 0.371 e. The predicted octanol–water partition coefficient (Wildman–Crippen LogP) is 3.16. The van der Waals surface area contributed by atoms with E-state index < -0.39 is 6.43 Å². The molecule has 1 fully saturated rings. The van der Waals surface area contributed by atoms with Gasteiger partial charge in [-0.1, -0.05) is 0 Å². The van der Waals surface area contributed by atoms with Crippen molar-refractivity contribution in [2.45, 2.75) is 45.8 Å². The summed E-state index contributed by atoms with van der Waals surface area (Å²) in [6.45, 7) is 6.53. The Hall–Kier alpha value is -2.32. The van der Waals surface area contributed by atoms with Crippen molar-refractivity contribution in [1.29, 1.82) is 0 Å². The highest BCUT2D eigenvalue weighted by Crippen LogP contribution is 2.33. The van der Waals surface area contributed by atoms with Crippen molar-refractivity contribution in [3.05, 3.63) is 52.1 Å². The summed E-state index contributed by atoms with van der Waals surface area (Å²) in [6, 6.07) is 3.18. The SMILES string of the molecule is Cc1nc2c(c3c1CCNC3)CN(C(=O)CC1CN(c3ccnc(C(F)F)c3)C1)C2.Cl. The minimum atomic E-state index is -2.57. The summed E-state index contributed by atoms with van der Waals surface area (Å²) in [5.74, 6) is 0.394. The molecule has 31 heavy (non-hydrogen) atoms. The maximum Gasteiger partial charge on any atom is 0.280 e. The van der Waals surface area contributed by atoms with E-state index in [9.17, 15) is 13.6 Å². The Kier molecular flexibility index (Phi) is 6.12. The molecule has 0 aliphatic carbocycles. The number of alkyl halides is 2. The van der Waals surface area contributed by atoms with E-state index in [4.69, 9.17) is 4.98 Å². The van der Waals surface area contributed by atoms with Crippen LogP contribution in [0.5, 0.6) is 0 Å². The lowest BCUT2D eigenvalue weighted by Crippen LogP contribution is -2.48. The summed E-state index contributed by atoms with van der Waals surface area (Å²) in [5.41, 5.74) is 6.57. The van der Waals surface area contributed by atoms with E-state index in [1.807, 2.05) is 9.80 Å². The number of aromatic nitrogens is 2. The van der Waals surface area contributed by atoms with Crippen LogP contribution in [0.4, 0.5) is 14.5 Å². The molecule has 9 heteroatoms. The van der Waals surface area contributed by atoms with Gasteiger partial charge in [0.2, 0.25) is 5.91 Å². The molecular formula is C22H26ClF2N5O. The van der Waals surface area contributed by atoms with Crippen LogP contribution in [0.1, 0.15) is 46.6 Å².